The minimum absolute atomic E-state index is 0.0842. The monoisotopic (exact) mass is 374 g/mol. The van der Waals surface area contributed by atoms with E-state index in [0.717, 1.165) is 17.1 Å². The number of hydrogen-bond acceptors (Lipinski definition) is 6. The second-order valence-corrected chi connectivity index (χ2v) is 5.60. The molecule has 2 aromatic rings. The fraction of sp³-hybridized carbons (Fsp3) is 0.350. The highest BCUT2D eigenvalue weighted by atomic mass is 16.5. The van der Waals surface area contributed by atoms with Crippen LogP contribution < -0.4 is 29.6 Å². The van der Waals surface area contributed by atoms with Crippen molar-refractivity contribution in [3.05, 3.63) is 36.4 Å². The van der Waals surface area contributed by atoms with Gasteiger partial charge in [0.1, 0.15) is 5.75 Å². The highest BCUT2D eigenvalue weighted by Gasteiger charge is 2.13. The van der Waals surface area contributed by atoms with Crippen LogP contribution in [0, 0.1) is 0 Å². The van der Waals surface area contributed by atoms with E-state index >= 15 is 0 Å². The molecule has 0 atom stereocenters. The average Bonchev–Trinajstić information content (AvgIpc) is 2.68. The molecule has 1 amide bonds. The lowest BCUT2D eigenvalue weighted by Gasteiger charge is -2.15. The van der Waals surface area contributed by atoms with Gasteiger partial charge in [0, 0.05) is 36.5 Å². The van der Waals surface area contributed by atoms with E-state index in [1.165, 1.54) is 0 Å². The van der Waals surface area contributed by atoms with Gasteiger partial charge in [0.05, 0.1) is 27.9 Å². The molecule has 146 valence electrons. The van der Waals surface area contributed by atoms with Gasteiger partial charge in [-0.05, 0) is 31.2 Å². The summed E-state index contributed by atoms with van der Waals surface area (Å²) in [5.74, 6) is 2.33. The largest absolute Gasteiger partial charge is 0.494 e. The van der Waals surface area contributed by atoms with Gasteiger partial charge in [-0.25, -0.2) is 0 Å². The standard InChI is InChI=1S/C20H26N2O5/c1-5-27-16-8-6-14(7-9-16)22-19(23)10-11-21-15-12-17(24-2)20(26-4)18(13-15)25-3/h6-9,12-13,21H,5,10-11H2,1-4H3,(H,22,23). The van der Waals surface area contributed by atoms with Crippen LogP contribution in [-0.4, -0.2) is 40.4 Å². The predicted molar refractivity (Wildman–Crippen MR) is 105 cm³/mol. The van der Waals surface area contributed by atoms with Gasteiger partial charge in [-0.1, -0.05) is 0 Å². The zero-order chi connectivity index (χ0) is 19.6. The average molecular weight is 374 g/mol. The maximum atomic E-state index is 12.1. The lowest BCUT2D eigenvalue weighted by molar-refractivity contribution is -0.115. The molecule has 0 unspecified atom stereocenters. The first-order chi connectivity index (χ1) is 13.1. The molecule has 0 aliphatic carbocycles. The first-order valence-corrected chi connectivity index (χ1v) is 8.67. The molecule has 0 saturated heterocycles. The van der Waals surface area contributed by atoms with Crippen molar-refractivity contribution in [2.45, 2.75) is 13.3 Å². The second kappa shape index (κ2) is 10.2. The normalized spacial score (nSPS) is 10.1. The molecule has 0 aliphatic heterocycles. The molecule has 2 aromatic carbocycles. The number of amides is 1. The summed E-state index contributed by atoms with van der Waals surface area (Å²) in [6.45, 7) is 3.00. The third kappa shape index (κ3) is 5.70. The van der Waals surface area contributed by atoms with E-state index in [1.54, 1.807) is 33.5 Å². The van der Waals surface area contributed by atoms with E-state index in [2.05, 4.69) is 10.6 Å². The number of rotatable bonds is 10. The summed E-state index contributed by atoms with van der Waals surface area (Å²) in [5, 5.41) is 6.05. The molecule has 7 nitrogen and oxygen atoms in total. The number of ether oxygens (including phenoxy) is 4. The minimum atomic E-state index is -0.0842. The highest BCUT2D eigenvalue weighted by molar-refractivity contribution is 5.91. The third-order valence-electron chi connectivity index (χ3n) is 3.79. The van der Waals surface area contributed by atoms with Crippen LogP contribution in [0.5, 0.6) is 23.0 Å². The molecule has 0 saturated carbocycles. The van der Waals surface area contributed by atoms with E-state index in [1.807, 2.05) is 31.2 Å². The molecule has 27 heavy (non-hydrogen) atoms. The van der Waals surface area contributed by atoms with Crippen LogP contribution in [0.3, 0.4) is 0 Å². The van der Waals surface area contributed by atoms with Crippen molar-refractivity contribution >= 4 is 17.3 Å². The number of methoxy groups -OCH3 is 3. The fourth-order valence-electron chi connectivity index (χ4n) is 2.53. The molecule has 0 spiro atoms. The van der Waals surface area contributed by atoms with Crippen molar-refractivity contribution < 1.29 is 23.7 Å². The summed E-state index contributed by atoms with van der Waals surface area (Å²) in [5.41, 5.74) is 1.51. The van der Waals surface area contributed by atoms with E-state index < -0.39 is 0 Å². The van der Waals surface area contributed by atoms with Crippen LogP contribution in [0.25, 0.3) is 0 Å². The van der Waals surface area contributed by atoms with Gasteiger partial charge in [-0.15, -0.1) is 0 Å². The Morgan fingerprint density at radius 2 is 1.56 bits per heavy atom. The molecular formula is C20H26N2O5. The van der Waals surface area contributed by atoms with Crippen LogP contribution in [0.2, 0.25) is 0 Å². The summed E-state index contributed by atoms with van der Waals surface area (Å²) >= 11 is 0. The van der Waals surface area contributed by atoms with E-state index in [0.29, 0.717) is 36.8 Å². The number of anilines is 2. The lowest BCUT2D eigenvalue weighted by atomic mass is 10.2. The quantitative estimate of drug-likeness (QED) is 0.662. The van der Waals surface area contributed by atoms with Crippen molar-refractivity contribution in [2.24, 2.45) is 0 Å². The Balaban J connectivity index is 1.89. The molecule has 2 N–H and O–H groups in total. The van der Waals surface area contributed by atoms with E-state index in [9.17, 15) is 4.79 Å². The highest BCUT2D eigenvalue weighted by Crippen LogP contribution is 2.39. The van der Waals surface area contributed by atoms with Crippen LogP contribution in [0.15, 0.2) is 36.4 Å². The third-order valence-corrected chi connectivity index (χ3v) is 3.79. The van der Waals surface area contributed by atoms with E-state index in [4.69, 9.17) is 18.9 Å². The van der Waals surface area contributed by atoms with Gasteiger partial charge in [0.15, 0.2) is 11.5 Å². The van der Waals surface area contributed by atoms with Gasteiger partial charge in [-0.2, -0.15) is 0 Å². The number of benzene rings is 2. The van der Waals surface area contributed by atoms with Crippen LogP contribution in [0.1, 0.15) is 13.3 Å². The van der Waals surface area contributed by atoms with Crippen molar-refractivity contribution in [1.29, 1.82) is 0 Å². The number of carbonyl (C=O) groups excluding carboxylic acids is 1. The molecule has 2 rings (SSSR count). The zero-order valence-electron chi connectivity index (χ0n) is 16.1. The molecular weight excluding hydrogens is 348 g/mol. The van der Waals surface area contributed by atoms with Crippen molar-refractivity contribution in [1.82, 2.24) is 0 Å². The van der Waals surface area contributed by atoms with E-state index in [-0.39, 0.29) is 5.91 Å². The predicted octanol–water partition coefficient (Wildman–Crippen LogP) is 3.55. The van der Waals surface area contributed by atoms with Crippen molar-refractivity contribution in [3.63, 3.8) is 0 Å². The lowest BCUT2D eigenvalue weighted by Crippen LogP contribution is -2.16. The molecule has 7 heteroatoms. The number of carbonyl (C=O) groups is 1. The SMILES string of the molecule is CCOc1ccc(NC(=O)CCNc2cc(OC)c(OC)c(OC)c2)cc1. The summed E-state index contributed by atoms with van der Waals surface area (Å²) < 4.78 is 21.3. The Morgan fingerprint density at radius 3 is 2.07 bits per heavy atom. The molecule has 0 fully saturated rings. The first-order valence-electron chi connectivity index (χ1n) is 8.67. The molecule has 0 aliphatic rings. The summed E-state index contributed by atoms with van der Waals surface area (Å²) in [6, 6.07) is 10.9. The summed E-state index contributed by atoms with van der Waals surface area (Å²) in [7, 11) is 4.68. The van der Waals surface area contributed by atoms with Gasteiger partial charge >= 0.3 is 0 Å². The minimum Gasteiger partial charge on any atom is -0.494 e. The van der Waals surface area contributed by atoms with Gasteiger partial charge in [0.25, 0.3) is 0 Å². The topological polar surface area (TPSA) is 78.1 Å². The maximum absolute atomic E-state index is 12.1. The fourth-order valence-corrected chi connectivity index (χ4v) is 2.53. The van der Waals surface area contributed by atoms with Crippen LogP contribution in [0.4, 0.5) is 11.4 Å². The zero-order valence-corrected chi connectivity index (χ0v) is 16.1. The van der Waals surface area contributed by atoms with Gasteiger partial charge < -0.3 is 29.6 Å². The molecule has 0 bridgehead atoms. The Morgan fingerprint density at radius 1 is 0.926 bits per heavy atom. The maximum Gasteiger partial charge on any atom is 0.226 e. The van der Waals surface area contributed by atoms with Crippen molar-refractivity contribution in [2.75, 3.05) is 45.1 Å². The Labute approximate surface area is 159 Å². The molecule has 0 radical (unpaired) electrons. The molecule has 0 aromatic heterocycles. The Bertz CT molecular complexity index is 722. The van der Waals surface area contributed by atoms with Crippen LogP contribution in [-0.2, 0) is 4.79 Å². The second-order valence-electron chi connectivity index (χ2n) is 5.60. The summed E-state index contributed by atoms with van der Waals surface area (Å²) in [4.78, 5) is 12.1. The first kappa shape index (κ1) is 20.2. The van der Waals surface area contributed by atoms with Crippen LogP contribution >= 0.6 is 0 Å². The smallest absolute Gasteiger partial charge is 0.226 e. The Kier molecular flexibility index (Phi) is 7.61. The van der Waals surface area contributed by atoms with Crippen molar-refractivity contribution in [3.8, 4) is 23.0 Å². The number of nitrogens with one attached hydrogen (secondary N) is 2. The Hall–Kier alpha value is -3.09. The van der Waals surface area contributed by atoms with Gasteiger partial charge in [0.2, 0.25) is 11.7 Å². The molecule has 0 heterocycles. The van der Waals surface area contributed by atoms with Gasteiger partial charge in [-0.3, -0.25) is 4.79 Å². The summed E-state index contributed by atoms with van der Waals surface area (Å²) in [6.07, 6.45) is 0.309. The number of hydrogen-bond donors (Lipinski definition) is 2.